The molecular formula is C15H12INS. The number of benzene rings is 2. The molecule has 3 heteroatoms. The van der Waals surface area contributed by atoms with Gasteiger partial charge in [0.15, 0.2) is 0 Å². The Morgan fingerprint density at radius 2 is 1.89 bits per heavy atom. The first-order chi connectivity index (χ1) is 8.76. The van der Waals surface area contributed by atoms with Gasteiger partial charge >= 0.3 is 0 Å². The van der Waals surface area contributed by atoms with Crippen molar-refractivity contribution in [3.05, 3.63) is 51.6 Å². The Bertz CT molecular complexity index is 685. The van der Waals surface area contributed by atoms with Crippen LogP contribution in [0.2, 0.25) is 0 Å². The molecule has 0 fully saturated rings. The van der Waals surface area contributed by atoms with Crippen LogP contribution in [-0.2, 0) is 6.42 Å². The van der Waals surface area contributed by atoms with Gasteiger partial charge in [-0.1, -0.05) is 31.2 Å². The molecule has 0 radical (unpaired) electrons. The lowest BCUT2D eigenvalue weighted by molar-refractivity contribution is 1.14. The average Bonchev–Trinajstić information content (AvgIpc) is 2.81. The van der Waals surface area contributed by atoms with Crippen LogP contribution in [0.25, 0.3) is 20.8 Å². The topological polar surface area (TPSA) is 12.9 Å². The molecule has 18 heavy (non-hydrogen) atoms. The van der Waals surface area contributed by atoms with Gasteiger partial charge < -0.3 is 0 Å². The van der Waals surface area contributed by atoms with E-state index >= 15 is 0 Å². The first-order valence-electron chi connectivity index (χ1n) is 5.91. The van der Waals surface area contributed by atoms with Crippen LogP contribution in [0.4, 0.5) is 0 Å². The number of thiazole rings is 1. The fourth-order valence-corrected chi connectivity index (χ4v) is 3.62. The Morgan fingerprint density at radius 1 is 1.11 bits per heavy atom. The minimum atomic E-state index is 1.08. The lowest BCUT2D eigenvalue weighted by atomic mass is 10.1. The third kappa shape index (κ3) is 2.29. The number of aromatic nitrogens is 1. The minimum absolute atomic E-state index is 1.08. The van der Waals surface area contributed by atoms with Crippen LogP contribution in [0.15, 0.2) is 42.5 Å². The van der Waals surface area contributed by atoms with Gasteiger partial charge in [0, 0.05) is 9.13 Å². The van der Waals surface area contributed by atoms with E-state index in [9.17, 15) is 0 Å². The zero-order chi connectivity index (χ0) is 12.5. The molecule has 90 valence electrons. The lowest BCUT2D eigenvalue weighted by Crippen LogP contribution is -1.80. The number of hydrogen-bond acceptors (Lipinski definition) is 2. The number of rotatable bonds is 2. The first kappa shape index (κ1) is 12.1. The summed E-state index contributed by atoms with van der Waals surface area (Å²) in [5.74, 6) is 0. The van der Waals surface area contributed by atoms with Crippen LogP contribution in [-0.4, -0.2) is 4.98 Å². The van der Waals surface area contributed by atoms with Crippen molar-refractivity contribution in [1.29, 1.82) is 0 Å². The number of hydrogen-bond donors (Lipinski definition) is 0. The summed E-state index contributed by atoms with van der Waals surface area (Å²) in [7, 11) is 0. The molecule has 0 atom stereocenters. The molecule has 0 saturated carbocycles. The minimum Gasteiger partial charge on any atom is -0.236 e. The summed E-state index contributed by atoms with van der Waals surface area (Å²) in [6.45, 7) is 2.18. The second kappa shape index (κ2) is 4.97. The smallest absolute Gasteiger partial charge is 0.124 e. The van der Waals surface area contributed by atoms with Crippen molar-refractivity contribution in [2.45, 2.75) is 13.3 Å². The Morgan fingerprint density at radius 3 is 2.61 bits per heavy atom. The van der Waals surface area contributed by atoms with Gasteiger partial charge in [0.2, 0.25) is 0 Å². The third-order valence-corrected chi connectivity index (χ3v) is 4.70. The second-order valence-corrected chi connectivity index (χ2v) is 6.46. The lowest BCUT2D eigenvalue weighted by Gasteiger charge is -1.98. The van der Waals surface area contributed by atoms with Crippen molar-refractivity contribution >= 4 is 44.1 Å². The average molecular weight is 365 g/mol. The summed E-state index contributed by atoms with van der Waals surface area (Å²) in [6, 6.07) is 15.1. The highest BCUT2D eigenvalue weighted by atomic mass is 127. The molecule has 0 spiro atoms. The van der Waals surface area contributed by atoms with Crippen LogP contribution in [0.5, 0.6) is 0 Å². The molecule has 0 bridgehead atoms. The molecule has 0 amide bonds. The third-order valence-electron chi connectivity index (χ3n) is 2.96. The number of fused-ring (bicyclic) bond motifs is 1. The summed E-state index contributed by atoms with van der Waals surface area (Å²) in [5.41, 5.74) is 3.67. The van der Waals surface area contributed by atoms with E-state index in [0.29, 0.717) is 0 Å². The molecule has 1 nitrogen and oxygen atoms in total. The van der Waals surface area contributed by atoms with Crippen molar-refractivity contribution in [2.24, 2.45) is 0 Å². The maximum absolute atomic E-state index is 4.69. The van der Waals surface area contributed by atoms with Gasteiger partial charge in [-0.3, -0.25) is 0 Å². The van der Waals surface area contributed by atoms with E-state index in [1.807, 2.05) is 0 Å². The van der Waals surface area contributed by atoms with Gasteiger partial charge in [0.25, 0.3) is 0 Å². The fourth-order valence-electron chi connectivity index (χ4n) is 1.90. The highest BCUT2D eigenvalue weighted by molar-refractivity contribution is 14.1. The number of halogens is 1. The Balaban J connectivity index is 2.07. The zero-order valence-corrected chi connectivity index (χ0v) is 13.0. The van der Waals surface area contributed by atoms with Crippen molar-refractivity contribution in [3.8, 4) is 10.6 Å². The Kier molecular flexibility index (Phi) is 3.35. The molecule has 2 aromatic carbocycles. The monoisotopic (exact) mass is 365 g/mol. The van der Waals surface area contributed by atoms with E-state index in [0.717, 1.165) is 16.9 Å². The summed E-state index contributed by atoms with van der Waals surface area (Å²) in [5, 5.41) is 1.11. The normalized spacial score (nSPS) is 11.0. The van der Waals surface area contributed by atoms with E-state index in [2.05, 4.69) is 72.0 Å². The summed E-state index contributed by atoms with van der Waals surface area (Å²) in [4.78, 5) is 4.69. The van der Waals surface area contributed by atoms with Crippen molar-refractivity contribution in [3.63, 3.8) is 0 Å². The maximum atomic E-state index is 4.69. The standard InChI is InChI=1S/C15H12INS/c1-2-10-3-5-11(6-4-10)15-17-13-8-7-12(16)9-14(13)18-15/h3-9H,2H2,1H3. The highest BCUT2D eigenvalue weighted by Gasteiger charge is 2.06. The molecule has 0 unspecified atom stereocenters. The van der Waals surface area contributed by atoms with Crippen LogP contribution in [0.1, 0.15) is 12.5 Å². The largest absolute Gasteiger partial charge is 0.236 e. The quantitative estimate of drug-likeness (QED) is 0.574. The molecule has 0 aliphatic carbocycles. The van der Waals surface area contributed by atoms with Gasteiger partial charge in [-0.05, 0) is 52.8 Å². The van der Waals surface area contributed by atoms with Crippen LogP contribution < -0.4 is 0 Å². The SMILES string of the molecule is CCc1ccc(-c2nc3ccc(I)cc3s2)cc1. The van der Waals surface area contributed by atoms with Gasteiger partial charge in [-0.25, -0.2) is 4.98 Å². The second-order valence-electron chi connectivity index (χ2n) is 4.18. The fraction of sp³-hybridized carbons (Fsp3) is 0.133. The van der Waals surface area contributed by atoms with E-state index in [1.54, 1.807) is 11.3 Å². The Labute approximate surface area is 124 Å². The van der Waals surface area contributed by atoms with Crippen LogP contribution in [0, 0.1) is 3.57 Å². The van der Waals surface area contributed by atoms with E-state index in [-0.39, 0.29) is 0 Å². The van der Waals surface area contributed by atoms with Gasteiger partial charge in [-0.15, -0.1) is 11.3 Å². The van der Waals surface area contributed by atoms with Crippen LogP contribution >= 0.6 is 33.9 Å². The predicted molar refractivity (Wildman–Crippen MR) is 87.2 cm³/mol. The molecule has 0 saturated heterocycles. The molecule has 0 aliphatic heterocycles. The molecule has 0 N–H and O–H groups in total. The number of nitrogens with zero attached hydrogens (tertiary/aromatic N) is 1. The summed E-state index contributed by atoms with van der Waals surface area (Å²) in [6.07, 6.45) is 1.08. The van der Waals surface area contributed by atoms with Crippen molar-refractivity contribution in [1.82, 2.24) is 4.98 Å². The predicted octanol–water partition coefficient (Wildman–Crippen LogP) is 5.13. The number of aryl methyl sites for hydroxylation is 1. The molecule has 1 aromatic heterocycles. The zero-order valence-electron chi connectivity index (χ0n) is 9.98. The van der Waals surface area contributed by atoms with Crippen LogP contribution in [0.3, 0.4) is 0 Å². The molecule has 3 aromatic rings. The molecular weight excluding hydrogens is 353 g/mol. The van der Waals surface area contributed by atoms with Crippen molar-refractivity contribution in [2.75, 3.05) is 0 Å². The summed E-state index contributed by atoms with van der Waals surface area (Å²) >= 11 is 4.10. The van der Waals surface area contributed by atoms with E-state index < -0.39 is 0 Å². The van der Waals surface area contributed by atoms with Gasteiger partial charge in [0.05, 0.1) is 10.2 Å². The molecule has 0 aliphatic rings. The van der Waals surface area contributed by atoms with E-state index in [1.165, 1.54) is 19.4 Å². The van der Waals surface area contributed by atoms with Gasteiger partial charge in [-0.2, -0.15) is 0 Å². The molecule has 1 heterocycles. The van der Waals surface area contributed by atoms with Gasteiger partial charge in [0.1, 0.15) is 5.01 Å². The Hall–Kier alpha value is -0.940. The van der Waals surface area contributed by atoms with E-state index in [4.69, 9.17) is 4.98 Å². The first-order valence-corrected chi connectivity index (χ1v) is 7.81. The van der Waals surface area contributed by atoms with Crippen molar-refractivity contribution < 1.29 is 0 Å². The maximum Gasteiger partial charge on any atom is 0.124 e. The summed E-state index contributed by atoms with van der Waals surface area (Å²) < 4.78 is 2.52. The highest BCUT2D eigenvalue weighted by Crippen LogP contribution is 2.31. The molecule has 3 rings (SSSR count).